The highest BCUT2D eigenvalue weighted by Gasteiger charge is 2.36. The summed E-state index contributed by atoms with van der Waals surface area (Å²) in [7, 11) is 0. The van der Waals surface area contributed by atoms with Gasteiger partial charge in [-0.25, -0.2) is 14.6 Å². The molecule has 2 heterocycles. The van der Waals surface area contributed by atoms with Gasteiger partial charge in [-0.15, -0.1) is 11.3 Å². The summed E-state index contributed by atoms with van der Waals surface area (Å²) in [4.78, 5) is 81.3. The molecular weight excluding hydrogens is 635 g/mol. The number of carbonyl (C=O) groups is 6. The average Bonchev–Trinajstić information content (AvgIpc) is 3.40. The van der Waals surface area contributed by atoms with Crippen LogP contribution in [0.1, 0.15) is 90.7 Å². The molecule has 0 saturated carbocycles. The zero-order valence-corrected chi connectivity index (χ0v) is 29.6. The van der Waals surface area contributed by atoms with Gasteiger partial charge >= 0.3 is 12.1 Å². The van der Waals surface area contributed by atoms with Crippen LogP contribution in [0.25, 0.3) is 0 Å². The van der Waals surface area contributed by atoms with E-state index < -0.39 is 59.1 Å². The van der Waals surface area contributed by atoms with Crippen molar-refractivity contribution in [3.8, 4) is 0 Å². The van der Waals surface area contributed by atoms with Crippen LogP contribution in [0.5, 0.6) is 0 Å². The van der Waals surface area contributed by atoms with E-state index in [9.17, 15) is 28.8 Å². The lowest BCUT2D eigenvalue weighted by molar-refractivity contribution is -0.153. The molecular formula is C31H47N5O8S2. The van der Waals surface area contributed by atoms with Crippen molar-refractivity contribution in [2.45, 2.75) is 111 Å². The van der Waals surface area contributed by atoms with Gasteiger partial charge in [0.2, 0.25) is 16.9 Å². The number of hydrogen-bond acceptors (Lipinski definition) is 11. The molecule has 13 nitrogen and oxygen atoms in total. The summed E-state index contributed by atoms with van der Waals surface area (Å²) >= 11 is 2.24. The van der Waals surface area contributed by atoms with Crippen LogP contribution in [-0.2, 0) is 35.2 Å². The van der Waals surface area contributed by atoms with Gasteiger partial charge in [-0.2, -0.15) is 0 Å². The number of amides is 4. The van der Waals surface area contributed by atoms with Gasteiger partial charge in [0.15, 0.2) is 0 Å². The molecule has 46 heavy (non-hydrogen) atoms. The number of nitrogens with one attached hydrogen (secondary N) is 4. The number of carbonyl (C=O) groups excluding carboxylic acids is 6. The fourth-order valence-corrected chi connectivity index (χ4v) is 5.70. The number of thioether (sulfide) groups is 1. The number of nitrogens with zero attached hydrogens (tertiary/aromatic N) is 1. The molecule has 0 aliphatic carbocycles. The van der Waals surface area contributed by atoms with Crippen LogP contribution in [0.15, 0.2) is 17.5 Å². The third-order valence-electron chi connectivity index (χ3n) is 6.55. The van der Waals surface area contributed by atoms with Crippen LogP contribution in [-0.4, -0.2) is 75.0 Å². The van der Waals surface area contributed by atoms with Gasteiger partial charge in [0.05, 0.1) is 13.0 Å². The van der Waals surface area contributed by atoms with E-state index in [-0.39, 0.29) is 35.6 Å². The predicted molar refractivity (Wildman–Crippen MR) is 176 cm³/mol. The molecule has 1 aliphatic rings. The lowest BCUT2D eigenvalue weighted by atomic mass is 9.99. The molecule has 1 aliphatic heterocycles. The van der Waals surface area contributed by atoms with Crippen molar-refractivity contribution < 1.29 is 38.2 Å². The van der Waals surface area contributed by atoms with Crippen molar-refractivity contribution in [3.05, 3.63) is 28.2 Å². The van der Waals surface area contributed by atoms with E-state index in [0.717, 1.165) is 11.8 Å². The monoisotopic (exact) mass is 681 g/mol. The number of allylic oxidation sites excluding steroid dienone is 1. The number of aromatic nitrogens is 1. The molecule has 3 atom stereocenters. The number of cyclic esters (lactones) is 1. The van der Waals surface area contributed by atoms with Crippen molar-refractivity contribution in [1.82, 2.24) is 26.3 Å². The molecule has 0 aromatic carbocycles. The molecule has 4 amide bonds. The highest BCUT2D eigenvalue weighted by molar-refractivity contribution is 8.13. The molecule has 0 saturated heterocycles. The van der Waals surface area contributed by atoms with Crippen LogP contribution >= 0.6 is 23.1 Å². The van der Waals surface area contributed by atoms with Gasteiger partial charge in [-0.05, 0) is 59.0 Å². The van der Waals surface area contributed by atoms with E-state index in [2.05, 4.69) is 26.3 Å². The Morgan fingerprint density at radius 2 is 1.87 bits per heavy atom. The second kappa shape index (κ2) is 16.9. The molecule has 256 valence electrons. The zero-order valence-electron chi connectivity index (χ0n) is 28.0. The van der Waals surface area contributed by atoms with E-state index in [1.165, 1.54) is 30.6 Å². The van der Waals surface area contributed by atoms with Gasteiger partial charge in [0.1, 0.15) is 40.0 Å². The molecule has 15 heteroatoms. The molecule has 2 rings (SSSR count). The third-order valence-corrected chi connectivity index (χ3v) is 8.38. The summed E-state index contributed by atoms with van der Waals surface area (Å²) in [5, 5.41) is 12.5. The quantitative estimate of drug-likeness (QED) is 0.180. The first kappa shape index (κ1) is 38.7. The molecule has 1 aromatic heterocycles. The maximum Gasteiger partial charge on any atom is 0.408 e. The fraction of sp³-hybridized carbons (Fsp3) is 0.645. The van der Waals surface area contributed by atoms with Crippen LogP contribution in [0.4, 0.5) is 4.79 Å². The predicted octanol–water partition coefficient (Wildman–Crippen LogP) is 3.48. The number of rotatable bonds is 8. The molecule has 0 fully saturated rings. The van der Waals surface area contributed by atoms with Crippen molar-refractivity contribution in [2.75, 3.05) is 5.75 Å². The van der Waals surface area contributed by atoms with Crippen molar-refractivity contribution in [1.29, 1.82) is 0 Å². The minimum absolute atomic E-state index is 0.0623. The van der Waals surface area contributed by atoms with Crippen LogP contribution in [0.2, 0.25) is 0 Å². The second-order valence-electron chi connectivity index (χ2n) is 13.1. The normalized spacial score (nSPS) is 20.5. The Morgan fingerprint density at radius 1 is 1.20 bits per heavy atom. The van der Waals surface area contributed by atoms with E-state index in [0.29, 0.717) is 17.2 Å². The minimum atomic E-state index is -1.37. The zero-order chi connectivity index (χ0) is 34.8. The Hall–Kier alpha value is -3.46. The maximum atomic E-state index is 13.3. The average molecular weight is 682 g/mol. The highest BCUT2D eigenvalue weighted by Crippen LogP contribution is 2.18. The summed E-state index contributed by atoms with van der Waals surface area (Å²) in [6.07, 6.45) is 1.87. The summed E-state index contributed by atoms with van der Waals surface area (Å²) in [5.41, 5.74) is -1.96. The largest absolute Gasteiger partial charge is 0.456 e. The standard InChI is InChI=1S/C31H47N5O8S2/c1-17(2)23-26(39)43-19(12-10-11-13-45-27(40)24(18(3)4)35-29(42)44-30(5,6)7)14-21(37)32-15-22-33-20(16-46-22)25(38)36-31(8,9)28(41)34-23/h10,12,16-19,23-24H,11,13-15H2,1-9H3,(H,32,37)(H,34,41)(H,35,42)(H,36,38). The topological polar surface area (TPSA) is 182 Å². The van der Waals surface area contributed by atoms with Crippen molar-refractivity contribution in [3.63, 3.8) is 0 Å². The van der Waals surface area contributed by atoms with Crippen LogP contribution < -0.4 is 21.3 Å². The highest BCUT2D eigenvalue weighted by atomic mass is 32.2. The number of hydrogen-bond donors (Lipinski definition) is 4. The SMILES string of the molecule is CC(C)C1NC(=O)C(C)(C)NC(=O)c2csc(n2)CNC(=O)CC(C=CCCSC(=O)C(NC(=O)OC(C)(C)C)C(C)C)OC1=O. The second-order valence-corrected chi connectivity index (χ2v) is 15.2. The summed E-state index contributed by atoms with van der Waals surface area (Å²) in [5.74, 6) is -2.46. The number of fused-ring (bicyclic) bond motifs is 2. The Morgan fingerprint density at radius 3 is 2.48 bits per heavy atom. The summed E-state index contributed by atoms with van der Waals surface area (Å²) in [6, 6.07) is -1.79. The Labute approximate surface area is 278 Å². The van der Waals surface area contributed by atoms with Crippen LogP contribution in [0, 0.1) is 11.8 Å². The Bertz CT molecular complexity index is 1300. The van der Waals surface area contributed by atoms with Gasteiger partial charge < -0.3 is 30.7 Å². The van der Waals surface area contributed by atoms with E-state index in [1.807, 2.05) is 13.8 Å². The molecule has 1 aromatic rings. The van der Waals surface area contributed by atoms with E-state index in [4.69, 9.17) is 9.47 Å². The molecule has 2 bridgehead atoms. The Balaban J connectivity index is 2.15. The number of esters is 1. The number of thiazole rings is 1. The first-order valence-corrected chi connectivity index (χ1v) is 17.0. The lowest BCUT2D eigenvalue weighted by Gasteiger charge is -2.29. The first-order chi connectivity index (χ1) is 21.3. The summed E-state index contributed by atoms with van der Waals surface area (Å²) < 4.78 is 11.0. The van der Waals surface area contributed by atoms with Gasteiger partial charge in [0, 0.05) is 11.1 Å². The number of ether oxygens (including phenoxy) is 2. The Kier molecular flexibility index (Phi) is 14.2. The molecule has 0 radical (unpaired) electrons. The van der Waals surface area contributed by atoms with Gasteiger partial charge in [0.25, 0.3) is 5.91 Å². The van der Waals surface area contributed by atoms with Crippen LogP contribution in [0.3, 0.4) is 0 Å². The smallest absolute Gasteiger partial charge is 0.408 e. The summed E-state index contributed by atoms with van der Waals surface area (Å²) in [6.45, 7) is 15.4. The third kappa shape index (κ3) is 12.7. The maximum absolute atomic E-state index is 13.3. The van der Waals surface area contributed by atoms with Gasteiger partial charge in [-0.3, -0.25) is 19.2 Å². The van der Waals surface area contributed by atoms with Gasteiger partial charge in [-0.1, -0.05) is 45.5 Å². The fourth-order valence-electron chi connectivity index (χ4n) is 4.02. The van der Waals surface area contributed by atoms with Crippen molar-refractivity contribution >= 4 is 58.0 Å². The first-order valence-electron chi connectivity index (χ1n) is 15.2. The minimum Gasteiger partial charge on any atom is -0.456 e. The lowest BCUT2D eigenvalue weighted by Crippen LogP contribution is -2.59. The van der Waals surface area contributed by atoms with Crippen molar-refractivity contribution in [2.24, 2.45) is 11.8 Å². The van der Waals surface area contributed by atoms with E-state index >= 15 is 0 Å². The molecule has 4 N–H and O–H groups in total. The molecule has 3 unspecified atom stereocenters. The van der Waals surface area contributed by atoms with E-state index in [1.54, 1.807) is 46.8 Å². The number of alkyl carbamates (subject to hydrolysis) is 1. The molecule has 0 spiro atoms.